The van der Waals surface area contributed by atoms with Gasteiger partial charge in [0.25, 0.3) is 0 Å². The highest BCUT2D eigenvalue weighted by molar-refractivity contribution is 6.10. The summed E-state index contributed by atoms with van der Waals surface area (Å²) in [7, 11) is 3.18. The molecule has 0 aliphatic heterocycles. The fourth-order valence-corrected chi connectivity index (χ4v) is 3.79. The molecule has 0 bridgehead atoms. The van der Waals surface area contributed by atoms with Gasteiger partial charge in [-0.3, -0.25) is 9.59 Å². The molecular formula is C24H26O5. The fourth-order valence-electron chi connectivity index (χ4n) is 3.79. The van der Waals surface area contributed by atoms with Gasteiger partial charge in [0.05, 0.1) is 20.8 Å². The molecule has 0 amide bonds. The molecule has 0 saturated heterocycles. The summed E-state index contributed by atoms with van der Waals surface area (Å²) in [6, 6.07) is 13.5. The second-order valence-electron chi connectivity index (χ2n) is 7.13. The lowest BCUT2D eigenvalue weighted by Gasteiger charge is -2.30. The maximum absolute atomic E-state index is 13.0. The van der Waals surface area contributed by atoms with Crippen molar-refractivity contribution >= 4 is 17.3 Å². The summed E-state index contributed by atoms with van der Waals surface area (Å²) in [6.07, 6.45) is 2.09. The van der Waals surface area contributed by atoms with Crippen molar-refractivity contribution in [1.82, 2.24) is 0 Å². The number of ether oxygens (including phenoxy) is 3. The summed E-state index contributed by atoms with van der Waals surface area (Å²) in [6.45, 7) is 3.99. The summed E-state index contributed by atoms with van der Waals surface area (Å²) in [5, 5.41) is 0. The molecule has 5 heteroatoms. The molecule has 152 valence electrons. The Balaban J connectivity index is 2.07. The van der Waals surface area contributed by atoms with E-state index >= 15 is 0 Å². The van der Waals surface area contributed by atoms with Crippen LogP contribution in [0.2, 0.25) is 0 Å². The predicted octanol–water partition coefficient (Wildman–Crippen LogP) is 4.33. The number of carbonyl (C=O) groups is 2. The zero-order valence-electron chi connectivity index (χ0n) is 17.2. The number of benzene rings is 2. The maximum Gasteiger partial charge on any atom is 0.317 e. The van der Waals surface area contributed by atoms with E-state index in [4.69, 9.17) is 14.2 Å². The Morgan fingerprint density at radius 1 is 1.07 bits per heavy atom. The van der Waals surface area contributed by atoms with Gasteiger partial charge in [-0.15, -0.1) is 0 Å². The molecule has 29 heavy (non-hydrogen) atoms. The SMILES string of the molecule is CCOC(=O)[C@H]1C(=O)C=C(c2cc(OC)cc(OC)c2)C[C@H]1c1cccc(C)c1. The van der Waals surface area contributed by atoms with Gasteiger partial charge in [-0.1, -0.05) is 29.8 Å². The van der Waals surface area contributed by atoms with E-state index in [0.717, 1.165) is 22.3 Å². The summed E-state index contributed by atoms with van der Waals surface area (Å²) in [5.41, 5.74) is 3.72. The maximum atomic E-state index is 13.0. The van der Waals surface area contributed by atoms with Crippen LogP contribution in [-0.2, 0) is 14.3 Å². The molecule has 0 fully saturated rings. The van der Waals surface area contributed by atoms with Crippen LogP contribution in [0.1, 0.15) is 36.0 Å². The Bertz CT molecular complexity index is 922. The Kier molecular flexibility index (Phi) is 6.37. The van der Waals surface area contributed by atoms with Gasteiger partial charge >= 0.3 is 5.97 Å². The van der Waals surface area contributed by atoms with E-state index in [-0.39, 0.29) is 18.3 Å². The third-order valence-electron chi connectivity index (χ3n) is 5.20. The third-order valence-corrected chi connectivity index (χ3v) is 5.20. The van der Waals surface area contributed by atoms with Gasteiger partial charge in [-0.05, 0) is 55.2 Å². The van der Waals surface area contributed by atoms with Crippen molar-refractivity contribution in [3.05, 3.63) is 65.2 Å². The van der Waals surface area contributed by atoms with Gasteiger partial charge < -0.3 is 14.2 Å². The number of allylic oxidation sites excluding steroid dienone is 2. The first-order valence-corrected chi connectivity index (χ1v) is 9.67. The molecule has 0 aromatic heterocycles. The average Bonchev–Trinajstić information content (AvgIpc) is 2.72. The average molecular weight is 394 g/mol. The zero-order valence-corrected chi connectivity index (χ0v) is 17.2. The molecule has 1 aliphatic rings. The van der Waals surface area contributed by atoms with E-state index in [2.05, 4.69) is 0 Å². The quantitative estimate of drug-likeness (QED) is 0.539. The number of ketones is 1. The van der Waals surface area contributed by atoms with Crippen LogP contribution >= 0.6 is 0 Å². The van der Waals surface area contributed by atoms with Crippen molar-refractivity contribution in [3.63, 3.8) is 0 Å². The first-order chi connectivity index (χ1) is 14.0. The van der Waals surface area contributed by atoms with Crippen molar-refractivity contribution in [1.29, 1.82) is 0 Å². The van der Waals surface area contributed by atoms with Crippen LogP contribution in [0.4, 0.5) is 0 Å². The van der Waals surface area contributed by atoms with Gasteiger partial charge in [0.15, 0.2) is 5.78 Å². The van der Waals surface area contributed by atoms with Crippen molar-refractivity contribution in [2.24, 2.45) is 5.92 Å². The lowest BCUT2D eigenvalue weighted by atomic mass is 9.73. The van der Waals surface area contributed by atoms with Crippen molar-refractivity contribution in [2.45, 2.75) is 26.2 Å². The highest BCUT2D eigenvalue weighted by atomic mass is 16.5. The number of aryl methyl sites for hydroxylation is 1. The van der Waals surface area contributed by atoms with Gasteiger partial charge in [0, 0.05) is 12.0 Å². The van der Waals surface area contributed by atoms with E-state index in [9.17, 15) is 9.59 Å². The number of hydrogen-bond acceptors (Lipinski definition) is 5. The van der Waals surface area contributed by atoms with Gasteiger partial charge in [0.1, 0.15) is 17.4 Å². The number of carbonyl (C=O) groups excluding carboxylic acids is 2. The molecular weight excluding hydrogens is 368 g/mol. The van der Waals surface area contributed by atoms with Gasteiger partial charge in [0.2, 0.25) is 0 Å². The van der Waals surface area contributed by atoms with Crippen molar-refractivity contribution in [2.75, 3.05) is 20.8 Å². The first kappa shape index (κ1) is 20.6. The molecule has 2 aromatic rings. The number of methoxy groups -OCH3 is 2. The van der Waals surface area contributed by atoms with Crippen LogP contribution in [0, 0.1) is 12.8 Å². The molecule has 0 unspecified atom stereocenters. The normalized spacial score (nSPS) is 18.8. The minimum atomic E-state index is -0.840. The fraction of sp³-hybridized carbons (Fsp3) is 0.333. The van der Waals surface area contributed by atoms with E-state index in [0.29, 0.717) is 17.9 Å². The molecule has 1 aliphatic carbocycles. The van der Waals surface area contributed by atoms with E-state index < -0.39 is 11.9 Å². The van der Waals surface area contributed by atoms with Crippen LogP contribution in [-0.4, -0.2) is 32.6 Å². The monoisotopic (exact) mass is 394 g/mol. The van der Waals surface area contributed by atoms with Crippen molar-refractivity contribution < 1.29 is 23.8 Å². The molecule has 0 spiro atoms. The zero-order chi connectivity index (χ0) is 21.0. The highest BCUT2D eigenvalue weighted by Gasteiger charge is 2.39. The summed E-state index contributed by atoms with van der Waals surface area (Å²) >= 11 is 0. The van der Waals surface area contributed by atoms with Crippen LogP contribution in [0.25, 0.3) is 5.57 Å². The first-order valence-electron chi connectivity index (χ1n) is 9.67. The van der Waals surface area contributed by atoms with E-state index in [1.165, 1.54) is 0 Å². The summed E-state index contributed by atoms with van der Waals surface area (Å²) in [4.78, 5) is 25.6. The smallest absolute Gasteiger partial charge is 0.317 e. The van der Waals surface area contributed by atoms with Crippen molar-refractivity contribution in [3.8, 4) is 11.5 Å². The Hall–Kier alpha value is -3.08. The molecule has 5 nitrogen and oxygen atoms in total. The molecule has 0 heterocycles. The Labute approximate surface area is 171 Å². The standard InChI is InChI=1S/C24H26O5/c1-5-29-24(26)23-21(16-8-6-7-15(2)9-16)12-18(13-22(23)25)17-10-19(27-3)14-20(11-17)28-4/h6-11,13-14,21,23H,5,12H2,1-4H3/t21-,23+/m0/s1. The lowest BCUT2D eigenvalue weighted by Crippen LogP contribution is -2.34. The summed E-state index contributed by atoms with van der Waals surface area (Å²) in [5.74, 6) is -0.549. The lowest BCUT2D eigenvalue weighted by molar-refractivity contribution is -0.151. The highest BCUT2D eigenvalue weighted by Crippen LogP contribution is 2.41. The molecule has 0 radical (unpaired) electrons. The van der Waals surface area contributed by atoms with E-state index in [1.54, 1.807) is 33.3 Å². The molecule has 0 saturated carbocycles. The van der Waals surface area contributed by atoms with Gasteiger partial charge in [-0.25, -0.2) is 0 Å². The number of esters is 1. The topological polar surface area (TPSA) is 61.8 Å². The van der Waals surface area contributed by atoms with Crippen LogP contribution in [0.15, 0.2) is 48.5 Å². The summed E-state index contributed by atoms with van der Waals surface area (Å²) < 4.78 is 16.0. The molecule has 2 atom stereocenters. The number of rotatable bonds is 6. The second kappa shape index (κ2) is 8.95. The minimum Gasteiger partial charge on any atom is -0.497 e. The predicted molar refractivity (Wildman–Crippen MR) is 111 cm³/mol. The van der Waals surface area contributed by atoms with Gasteiger partial charge in [-0.2, -0.15) is 0 Å². The van der Waals surface area contributed by atoms with Crippen LogP contribution in [0.3, 0.4) is 0 Å². The Morgan fingerprint density at radius 2 is 1.76 bits per heavy atom. The Morgan fingerprint density at radius 3 is 2.34 bits per heavy atom. The van der Waals surface area contributed by atoms with Crippen LogP contribution < -0.4 is 9.47 Å². The largest absolute Gasteiger partial charge is 0.497 e. The van der Waals surface area contributed by atoms with Crippen LogP contribution in [0.5, 0.6) is 11.5 Å². The molecule has 2 aromatic carbocycles. The van der Waals surface area contributed by atoms with E-state index in [1.807, 2.05) is 43.3 Å². The minimum absolute atomic E-state index is 0.238. The second-order valence-corrected chi connectivity index (χ2v) is 7.13. The molecule has 0 N–H and O–H groups in total. The molecule has 3 rings (SSSR count). The number of hydrogen-bond donors (Lipinski definition) is 0. The third kappa shape index (κ3) is 4.50.